The van der Waals surface area contributed by atoms with Crippen molar-refractivity contribution in [3.8, 4) is 0 Å². The summed E-state index contributed by atoms with van der Waals surface area (Å²) in [5.74, 6) is -1.82. The van der Waals surface area contributed by atoms with Gasteiger partial charge in [-0.3, -0.25) is 14.4 Å². The van der Waals surface area contributed by atoms with E-state index in [1.165, 1.54) is 18.2 Å². The Balaban J connectivity index is 2.04. The fourth-order valence-corrected chi connectivity index (χ4v) is 2.67. The molecular formula is C18H19ClN4O3. The van der Waals surface area contributed by atoms with E-state index >= 15 is 0 Å². The van der Waals surface area contributed by atoms with Crippen LogP contribution in [0.1, 0.15) is 39.2 Å². The molecule has 2 aromatic carbocycles. The molecule has 136 valence electrons. The van der Waals surface area contributed by atoms with Crippen molar-refractivity contribution in [3.63, 3.8) is 0 Å². The number of primary amides is 2. The van der Waals surface area contributed by atoms with Gasteiger partial charge in [-0.1, -0.05) is 29.8 Å². The molecule has 0 bridgehead atoms. The molecule has 0 fully saturated rings. The van der Waals surface area contributed by atoms with Crippen LogP contribution < -0.4 is 22.1 Å². The molecule has 6 N–H and O–H groups in total. The fraction of sp³-hybridized carbons (Fsp3) is 0.167. The summed E-state index contributed by atoms with van der Waals surface area (Å²) < 4.78 is 0. The topological polar surface area (TPSA) is 127 Å². The molecule has 7 nitrogen and oxygen atoms in total. The van der Waals surface area contributed by atoms with E-state index in [1.54, 1.807) is 6.07 Å². The lowest BCUT2D eigenvalue weighted by molar-refractivity contribution is -0.115. The highest BCUT2D eigenvalue weighted by Gasteiger charge is 2.13. The summed E-state index contributed by atoms with van der Waals surface area (Å²) >= 11 is 6.13. The van der Waals surface area contributed by atoms with E-state index in [-0.39, 0.29) is 35.3 Å². The minimum Gasteiger partial charge on any atom is -0.366 e. The van der Waals surface area contributed by atoms with E-state index in [4.69, 9.17) is 23.1 Å². The summed E-state index contributed by atoms with van der Waals surface area (Å²) in [4.78, 5) is 34.9. The minimum absolute atomic E-state index is 0.000899. The summed E-state index contributed by atoms with van der Waals surface area (Å²) in [6.07, 6.45) is 0. The zero-order valence-corrected chi connectivity index (χ0v) is 14.8. The molecule has 0 aliphatic rings. The van der Waals surface area contributed by atoms with Gasteiger partial charge in [-0.05, 0) is 36.8 Å². The second kappa shape index (κ2) is 8.46. The summed E-state index contributed by atoms with van der Waals surface area (Å²) in [5.41, 5.74) is 11.7. The zero-order chi connectivity index (χ0) is 19.3. The van der Waals surface area contributed by atoms with Crippen LogP contribution in [0.4, 0.5) is 5.69 Å². The Bertz CT molecular complexity index is 822. The number of amides is 3. The lowest BCUT2D eigenvalue weighted by Gasteiger charge is -2.15. The van der Waals surface area contributed by atoms with Crippen LogP contribution in [0.2, 0.25) is 5.02 Å². The maximum absolute atomic E-state index is 12.2. The Hall–Kier alpha value is -2.90. The number of nitrogens with two attached hydrogens (primary N) is 2. The summed E-state index contributed by atoms with van der Waals surface area (Å²) in [5, 5.41) is 6.26. The largest absolute Gasteiger partial charge is 0.366 e. The third-order valence-corrected chi connectivity index (χ3v) is 4.07. The average Bonchev–Trinajstić information content (AvgIpc) is 2.59. The number of anilines is 1. The molecule has 0 saturated carbocycles. The molecular weight excluding hydrogens is 356 g/mol. The molecule has 3 amide bonds. The van der Waals surface area contributed by atoms with E-state index in [1.807, 2.05) is 25.1 Å². The number of halogens is 1. The van der Waals surface area contributed by atoms with Crippen LogP contribution in [0.5, 0.6) is 0 Å². The van der Waals surface area contributed by atoms with E-state index in [2.05, 4.69) is 10.6 Å². The Kier molecular flexibility index (Phi) is 6.32. The number of carbonyl (C=O) groups excluding carboxylic acids is 3. The van der Waals surface area contributed by atoms with Gasteiger partial charge in [-0.25, -0.2) is 0 Å². The van der Waals surface area contributed by atoms with Gasteiger partial charge in [0.15, 0.2) is 0 Å². The highest BCUT2D eigenvalue weighted by molar-refractivity contribution is 6.31. The van der Waals surface area contributed by atoms with E-state index in [0.29, 0.717) is 5.02 Å². The van der Waals surface area contributed by atoms with Gasteiger partial charge in [0.05, 0.1) is 6.54 Å². The summed E-state index contributed by atoms with van der Waals surface area (Å²) in [6.45, 7) is 1.88. The molecule has 1 atom stereocenters. The zero-order valence-electron chi connectivity index (χ0n) is 14.1. The van der Waals surface area contributed by atoms with Crippen LogP contribution in [0.15, 0.2) is 42.5 Å². The van der Waals surface area contributed by atoms with Crippen molar-refractivity contribution in [2.45, 2.75) is 13.0 Å². The van der Waals surface area contributed by atoms with Gasteiger partial charge >= 0.3 is 0 Å². The number of benzene rings is 2. The first-order valence-electron chi connectivity index (χ1n) is 7.80. The highest BCUT2D eigenvalue weighted by Crippen LogP contribution is 2.22. The van der Waals surface area contributed by atoms with Crippen molar-refractivity contribution >= 4 is 35.0 Å². The second-order valence-electron chi connectivity index (χ2n) is 5.70. The Labute approximate surface area is 155 Å². The monoisotopic (exact) mass is 374 g/mol. The minimum atomic E-state index is -0.728. The van der Waals surface area contributed by atoms with Gasteiger partial charge < -0.3 is 22.1 Å². The highest BCUT2D eigenvalue weighted by atomic mass is 35.5. The molecule has 8 heteroatoms. The molecule has 0 heterocycles. The average molecular weight is 375 g/mol. The van der Waals surface area contributed by atoms with Gasteiger partial charge in [-0.15, -0.1) is 0 Å². The van der Waals surface area contributed by atoms with Crippen LogP contribution in [0, 0.1) is 0 Å². The number of hydrogen-bond donors (Lipinski definition) is 4. The maximum Gasteiger partial charge on any atom is 0.248 e. The SMILES string of the molecule is CC(NCC(=O)Nc1cc(C(N)=O)cc(C(N)=O)c1)c1ccccc1Cl. The molecule has 0 spiro atoms. The summed E-state index contributed by atoms with van der Waals surface area (Å²) in [7, 11) is 0. The van der Waals surface area contributed by atoms with Gasteiger partial charge in [0.25, 0.3) is 0 Å². The van der Waals surface area contributed by atoms with Crippen LogP contribution in [0.3, 0.4) is 0 Å². The third-order valence-electron chi connectivity index (χ3n) is 3.73. The molecule has 0 aromatic heterocycles. The fourth-order valence-electron chi connectivity index (χ4n) is 2.37. The predicted molar refractivity (Wildman–Crippen MR) is 100.0 cm³/mol. The van der Waals surface area contributed by atoms with Crippen molar-refractivity contribution in [1.29, 1.82) is 0 Å². The Morgan fingerprint density at radius 1 is 1.04 bits per heavy atom. The third kappa shape index (κ3) is 5.05. The van der Waals surface area contributed by atoms with Crippen molar-refractivity contribution in [1.82, 2.24) is 5.32 Å². The van der Waals surface area contributed by atoms with Crippen molar-refractivity contribution in [2.75, 3.05) is 11.9 Å². The van der Waals surface area contributed by atoms with Crippen LogP contribution >= 0.6 is 11.6 Å². The predicted octanol–water partition coefficient (Wildman–Crippen LogP) is 1.83. The van der Waals surface area contributed by atoms with Crippen LogP contribution in [0.25, 0.3) is 0 Å². The number of carbonyl (C=O) groups is 3. The van der Waals surface area contributed by atoms with Crippen LogP contribution in [-0.4, -0.2) is 24.3 Å². The van der Waals surface area contributed by atoms with Crippen molar-refractivity contribution in [2.24, 2.45) is 11.5 Å². The first kappa shape index (κ1) is 19.4. The number of hydrogen-bond acceptors (Lipinski definition) is 4. The first-order valence-corrected chi connectivity index (χ1v) is 8.18. The normalized spacial score (nSPS) is 11.6. The molecule has 0 aliphatic heterocycles. The molecule has 0 saturated heterocycles. The molecule has 26 heavy (non-hydrogen) atoms. The van der Waals surface area contributed by atoms with E-state index in [0.717, 1.165) is 5.56 Å². The molecule has 0 aliphatic carbocycles. The lowest BCUT2D eigenvalue weighted by atomic mass is 10.1. The van der Waals surface area contributed by atoms with Gasteiger partial charge in [0, 0.05) is 27.9 Å². The molecule has 2 aromatic rings. The van der Waals surface area contributed by atoms with Gasteiger partial charge in [0.1, 0.15) is 0 Å². The van der Waals surface area contributed by atoms with Crippen molar-refractivity contribution in [3.05, 3.63) is 64.2 Å². The lowest BCUT2D eigenvalue weighted by Crippen LogP contribution is -2.30. The Morgan fingerprint density at radius 2 is 1.62 bits per heavy atom. The first-order chi connectivity index (χ1) is 12.3. The van der Waals surface area contributed by atoms with E-state index < -0.39 is 11.8 Å². The molecule has 2 rings (SSSR count). The molecule has 0 radical (unpaired) electrons. The smallest absolute Gasteiger partial charge is 0.248 e. The number of rotatable bonds is 7. The standard InChI is InChI=1S/C18H19ClN4O3/c1-10(14-4-2-3-5-15(14)19)22-9-16(24)23-13-7-11(17(20)25)6-12(8-13)18(21)26/h2-8,10,22H,9H2,1H3,(H2,20,25)(H2,21,26)(H,23,24). The molecule has 1 unspecified atom stereocenters. The second-order valence-corrected chi connectivity index (χ2v) is 6.11. The Morgan fingerprint density at radius 3 is 2.15 bits per heavy atom. The van der Waals surface area contributed by atoms with Crippen LogP contribution in [-0.2, 0) is 4.79 Å². The van der Waals surface area contributed by atoms with Gasteiger partial charge in [0.2, 0.25) is 17.7 Å². The quantitative estimate of drug-likeness (QED) is 0.589. The summed E-state index contributed by atoms with van der Waals surface area (Å²) in [6, 6.07) is 11.2. The number of nitrogens with one attached hydrogen (secondary N) is 2. The maximum atomic E-state index is 12.2. The van der Waals surface area contributed by atoms with E-state index in [9.17, 15) is 14.4 Å². The van der Waals surface area contributed by atoms with Crippen molar-refractivity contribution < 1.29 is 14.4 Å². The van der Waals surface area contributed by atoms with Gasteiger partial charge in [-0.2, -0.15) is 0 Å².